The van der Waals surface area contributed by atoms with E-state index in [1.165, 1.54) is 28.4 Å². The van der Waals surface area contributed by atoms with Crippen LogP contribution in [0.2, 0.25) is 0 Å². The van der Waals surface area contributed by atoms with Gasteiger partial charge < -0.3 is 10.8 Å². The Bertz CT molecular complexity index is 667. The number of hydrogen-bond acceptors (Lipinski definition) is 7. The molecule has 0 bridgehead atoms. The fourth-order valence-corrected chi connectivity index (χ4v) is 4.68. The maximum absolute atomic E-state index is 11.8. The number of carboxylic acid groups (broad SMARTS) is 1. The molecule has 2 aliphatic heterocycles. The fourth-order valence-electron chi connectivity index (χ4n) is 2.34. The Balaban J connectivity index is 1.81. The maximum atomic E-state index is 11.8. The topological polar surface area (TPSA) is 114 Å². The van der Waals surface area contributed by atoms with E-state index in [1.807, 2.05) is 6.92 Å². The summed E-state index contributed by atoms with van der Waals surface area (Å²) in [5.74, 6) is 0.346. The lowest BCUT2D eigenvalue weighted by Crippen LogP contribution is -2.68. The summed E-state index contributed by atoms with van der Waals surface area (Å²) >= 11 is 2.86. The lowest BCUT2D eigenvalue weighted by molar-refractivity contribution is -0.147. The van der Waals surface area contributed by atoms with Gasteiger partial charge in [0.15, 0.2) is 0 Å². The molecule has 0 radical (unpaired) electrons. The molecule has 1 aromatic rings. The summed E-state index contributed by atoms with van der Waals surface area (Å²) in [5.41, 5.74) is 6.48. The number of thioether (sulfide) groups is 2. The minimum atomic E-state index is -1.09. The SMILES string of the molecule is Cc1nc(SCC2=C(C(=O)O)N3C(=O)C(N)[C@H]3SC2)nn1C. The number of amides is 1. The van der Waals surface area contributed by atoms with Gasteiger partial charge in [-0.2, -0.15) is 0 Å². The van der Waals surface area contributed by atoms with Crippen LogP contribution in [-0.2, 0) is 16.6 Å². The van der Waals surface area contributed by atoms with Crippen molar-refractivity contribution in [2.75, 3.05) is 11.5 Å². The van der Waals surface area contributed by atoms with Crippen LogP contribution in [0.4, 0.5) is 0 Å². The van der Waals surface area contributed by atoms with Crippen molar-refractivity contribution < 1.29 is 14.7 Å². The summed E-state index contributed by atoms with van der Waals surface area (Å²) in [6, 6.07) is -0.603. The van der Waals surface area contributed by atoms with Gasteiger partial charge in [-0.25, -0.2) is 9.78 Å². The molecule has 22 heavy (non-hydrogen) atoms. The van der Waals surface area contributed by atoms with Crippen LogP contribution in [0.15, 0.2) is 16.4 Å². The summed E-state index contributed by atoms with van der Waals surface area (Å²) in [4.78, 5) is 28.9. The first-order valence-electron chi connectivity index (χ1n) is 6.56. The molecule has 3 N–H and O–H groups in total. The second-order valence-electron chi connectivity index (χ2n) is 5.05. The monoisotopic (exact) mass is 341 g/mol. The highest BCUT2D eigenvalue weighted by atomic mass is 32.2. The zero-order chi connectivity index (χ0) is 16.0. The maximum Gasteiger partial charge on any atom is 0.352 e. The molecule has 2 atom stereocenters. The van der Waals surface area contributed by atoms with Crippen LogP contribution in [0.1, 0.15) is 5.82 Å². The first kappa shape index (κ1) is 15.4. The van der Waals surface area contributed by atoms with E-state index in [-0.39, 0.29) is 17.0 Å². The van der Waals surface area contributed by atoms with Gasteiger partial charge in [-0.15, -0.1) is 16.9 Å². The van der Waals surface area contributed by atoms with Gasteiger partial charge in [-0.05, 0) is 12.5 Å². The zero-order valence-corrected chi connectivity index (χ0v) is 13.6. The van der Waals surface area contributed by atoms with E-state index in [1.54, 1.807) is 11.7 Å². The van der Waals surface area contributed by atoms with E-state index in [0.29, 0.717) is 22.2 Å². The Morgan fingerprint density at radius 1 is 1.59 bits per heavy atom. The smallest absolute Gasteiger partial charge is 0.352 e. The van der Waals surface area contributed by atoms with Crippen LogP contribution >= 0.6 is 23.5 Å². The summed E-state index contributed by atoms with van der Waals surface area (Å²) in [7, 11) is 1.80. The third-order valence-electron chi connectivity index (χ3n) is 3.63. The van der Waals surface area contributed by atoms with Crippen LogP contribution in [0.3, 0.4) is 0 Å². The van der Waals surface area contributed by atoms with Crippen molar-refractivity contribution in [2.45, 2.75) is 23.5 Å². The molecule has 3 heterocycles. The molecule has 1 aromatic heterocycles. The average molecular weight is 341 g/mol. The Morgan fingerprint density at radius 3 is 2.91 bits per heavy atom. The number of fused-ring (bicyclic) bond motifs is 1. The summed E-state index contributed by atoms with van der Waals surface area (Å²) in [5, 5.41) is 14.0. The number of rotatable bonds is 4. The third-order valence-corrected chi connectivity index (χ3v) is 5.91. The Kier molecular flexibility index (Phi) is 3.91. The Morgan fingerprint density at radius 2 is 2.32 bits per heavy atom. The van der Waals surface area contributed by atoms with E-state index >= 15 is 0 Å². The van der Waals surface area contributed by atoms with E-state index in [9.17, 15) is 14.7 Å². The molecule has 1 fully saturated rings. The number of nitrogens with zero attached hydrogens (tertiary/aromatic N) is 4. The number of carboxylic acids is 1. The second kappa shape index (κ2) is 5.60. The molecule has 0 saturated carbocycles. The van der Waals surface area contributed by atoms with Gasteiger partial charge in [-0.1, -0.05) is 11.8 Å². The number of carbonyl (C=O) groups excluding carboxylic acids is 1. The molecule has 1 saturated heterocycles. The highest BCUT2D eigenvalue weighted by Gasteiger charge is 2.51. The highest BCUT2D eigenvalue weighted by molar-refractivity contribution is 8.01. The normalized spacial score (nSPS) is 24.3. The van der Waals surface area contributed by atoms with Gasteiger partial charge >= 0.3 is 5.97 Å². The van der Waals surface area contributed by atoms with Gasteiger partial charge in [0.2, 0.25) is 11.1 Å². The van der Waals surface area contributed by atoms with Crippen LogP contribution in [-0.4, -0.2) is 59.6 Å². The minimum Gasteiger partial charge on any atom is -0.477 e. The van der Waals surface area contributed by atoms with Crippen molar-refractivity contribution in [2.24, 2.45) is 12.8 Å². The highest BCUT2D eigenvalue weighted by Crippen LogP contribution is 2.40. The molecule has 118 valence electrons. The lowest BCUT2D eigenvalue weighted by Gasteiger charge is -2.48. The number of hydrogen-bond donors (Lipinski definition) is 2. The van der Waals surface area contributed by atoms with Gasteiger partial charge in [-0.3, -0.25) is 14.4 Å². The molecule has 1 unspecified atom stereocenters. The molecule has 8 nitrogen and oxygen atoms in total. The first-order chi connectivity index (χ1) is 10.4. The Hall–Kier alpha value is -1.52. The van der Waals surface area contributed by atoms with Crippen molar-refractivity contribution >= 4 is 35.4 Å². The molecule has 10 heteroatoms. The van der Waals surface area contributed by atoms with Gasteiger partial charge in [0.25, 0.3) is 0 Å². The zero-order valence-electron chi connectivity index (χ0n) is 12.0. The van der Waals surface area contributed by atoms with Crippen LogP contribution < -0.4 is 5.73 Å². The minimum absolute atomic E-state index is 0.0654. The van der Waals surface area contributed by atoms with Gasteiger partial charge in [0.1, 0.15) is 22.9 Å². The van der Waals surface area contributed by atoms with E-state index < -0.39 is 12.0 Å². The van der Waals surface area contributed by atoms with E-state index in [0.717, 1.165) is 5.82 Å². The third kappa shape index (κ3) is 2.40. The first-order valence-corrected chi connectivity index (χ1v) is 8.59. The van der Waals surface area contributed by atoms with Crippen molar-refractivity contribution in [3.8, 4) is 0 Å². The lowest BCUT2D eigenvalue weighted by atomic mass is 10.0. The summed E-state index contributed by atoms with van der Waals surface area (Å²) < 4.78 is 1.67. The largest absolute Gasteiger partial charge is 0.477 e. The number of aromatic nitrogens is 3. The molecule has 3 rings (SSSR count). The molecular weight excluding hydrogens is 326 g/mol. The van der Waals surface area contributed by atoms with Crippen LogP contribution in [0, 0.1) is 6.92 Å². The fraction of sp³-hybridized carbons (Fsp3) is 0.500. The average Bonchev–Trinajstić information content (AvgIpc) is 2.81. The van der Waals surface area contributed by atoms with Gasteiger partial charge in [0, 0.05) is 18.6 Å². The molecule has 0 aromatic carbocycles. The summed E-state index contributed by atoms with van der Waals surface area (Å²) in [6.45, 7) is 1.85. The van der Waals surface area contributed by atoms with Crippen molar-refractivity contribution in [3.63, 3.8) is 0 Å². The number of carbonyl (C=O) groups is 2. The van der Waals surface area contributed by atoms with Crippen LogP contribution in [0.25, 0.3) is 0 Å². The van der Waals surface area contributed by atoms with E-state index in [2.05, 4.69) is 10.1 Å². The van der Waals surface area contributed by atoms with Gasteiger partial charge in [0.05, 0.1) is 0 Å². The Labute approximate surface area is 135 Å². The van der Waals surface area contributed by atoms with Crippen LogP contribution in [0.5, 0.6) is 0 Å². The van der Waals surface area contributed by atoms with Crippen molar-refractivity contribution in [3.05, 3.63) is 17.1 Å². The predicted molar refractivity (Wildman–Crippen MR) is 82.2 cm³/mol. The number of aryl methyl sites for hydroxylation is 2. The molecule has 0 spiro atoms. The molecule has 0 aliphatic carbocycles. The standard InChI is InChI=1S/C12H15N5O3S2/c1-5-14-12(15-16(5)2)22-4-6-3-21-10-7(13)9(18)17(10)8(6)11(19)20/h7,10H,3-4,13H2,1-2H3,(H,19,20)/t7?,10-/m1/s1. The van der Waals surface area contributed by atoms with E-state index in [4.69, 9.17) is 5.73 Å². The van der Waals surface area contributed by atoms with Crippen molar-refractivity contribution in [1.29, 1.82) is 0 Å². The second-order valence-corrected chi connectivity index (χ2v) is 7.09. The molecule has 2 aliphatic rings. The summed E-state index contributed by atoms with van der Waals surface area (Å²) in [6.07, 6.45) is 0. The number of β-lactam (4-membered cyclic amide) rings is 1. The molecular formula is C12H15N5O3S2. The van der Waals surface area contributed by atoms with Crippen molar-refractivity contribution in [1.82, 2.24) is 19.7 Å². The molecule has 1 amide bonds. The number of nitrogens with two attached hydrogens (primary N) is 1. The predicted octanol–water partition coefficient (Wildman–Crippen LogP) is -0.203. The quantitative estimate of drug-likeness (QED) is 0.571. The number of aliphatic carboxylic acids is 1.